The molecule has 0 saturated carbocycles. The molecule has 0 radical (unpaired) electrons. The molecule has 66 heavy (non-hydrogen) atoms. The van der Waals surface area contributed by atoms with Crippen LogP contribution in [-0.4, -0.2) is 149 Å². The predicted octanol–water partition coefficient (Wildman–Crippen LogP) is 2.20. The van der Waals surface area contributed by atoms with Crippen LogP contribution in [0.3, 0.4) is 0 Å². The lowest BCUT2D eigenvalue weighted by Gasteiger charge is -2.46. The number of carbonyl (C=O) groups excluding carboxylic acids is 4. The summed E-state index contributed by atoms with van der Waals surface area (Å²) in [6.07, 6.45) is -1.60. The van der Waals surface area contributed by atoms with Crippen LogP contribution in [0.5, 0.6) is 0 Å². The van der Waals surface area contributed by atoms with Crippen LogP contribution >= 0.6 is 23.5 Å². The first-order valence-electron chi connectivity index (χ1n) is 21.3. The Balaban J connectivity index is 0.939. The Morgan fingerprint density at radius 1 is 0.818 bits per heavy atom. The Morgan fingerprint density at radius 3 is 1.95 bits per heavy atom. The van der Waals surface area contributed by atoms with Crippen LogP contribution in [0.15, 0.2) is 64.1 Å². The van der Waals surface area contributed by atoms with E-state index >= 15 is 0 Å². The minimum atomic E-state index is -1.45. The zero-order valence-corrected chi connectivity index (χ0v) is 37.7. The summed E-state index contributed by atoms with van der Waals surface area (Å²) in [4.78, 5) is 108. The molecule has 5 aliphatic heterocycles. The van der Waals surface area contributed by atoms with Crippen LogP contribution < -0.4 is 21.3 Å². The second-order valence-electron chi connectivity index (χ2n) is 17.2. The van der Waals surface area contributed by atoms with Gasteiger partial charge >= 0.3 is 29.8 Å². The number of aliphatic hydroxyl groups excluding tert-OH is 1. The average Bonchev–Trinajstić information content (AvgIpc) is 4.04. The summed E-state index contributed by atoms with van der Waals surface area (Å²) in [5.74, 6) is -10.4. The van der Waals surface area contributed by atoms with Crippen molar-refractivity contribution >= 4 is 88.2 Å². The zero-order valence-electron chi connectivity index (χ0n) is 36.1. The molecule has 3 amide bonds. The number of aliphatic carboxylic acids is 3. The van der Waals surface area contributed by atoms with Crippen molar-refractivity contribution in [3.05, 3.63) is 70.3 Å². The van der Waals surface area contributed by atoms with Crippen LogP contribution in [-0.2, 0) is 33.5 Å². The quantitative estimate of drug-likeness (QED) is 0.0811. The molecule has 2 aromatic carbocycles. The maximum Gasteiger partial charge on any atom is 0.353 e. The average molecular weight is 951 g/mol. The van der Waals surface area contributed by atoms with E-state index in [-0.39, 0.29) is 44.6 Å². The summed E-state index contributed by atoms with van der Waals surface area (Å²) in [7, 11) is 0. The number of ether oxygens (including phenoxy) is 1. The van der Waals surface area contributed by atoms with Gasteiger partial charge in [0.15, 0.2) is 0 Å². The Morgan fingerprint density at radius 2 is 1.39 bits per heavy atom. The molecule has 3 saturated heterocycles. The summed E-state index contributed by atoms with van der Waals surface area (Å²) in [5, 5.41) is 60.5. The van der Waals surface area contributed by atoms with Gasteiger partial charge < -0.3 is 56.4 Å². The smallest absolute Gasteiger partial charge is 0.353 e. The lowest BCUT2D eigenvalue weighted by atomic mass is 9.79. The number of fused-ring (bicyclic) bond motifs is 1. The molecule has 20 nitrogen and oxygen atoms in total. The van der Waals surface area contributed by atoms with Crippen molar-refractivity contribution in [3.63, 3.8) is 0 Å². The third-order valence-electron chi connectivity index (χ3n) is 12.7. The molecule has 3 fully saturated rings. The van der Waals surface area contributed by atoms with E-state index in [4.69, 9.17) is 4.74 Å². The van der Waals surface area contributed by atoms with Gasteiger partial charge in [-0.1, -0.05) is 26.0 Å². The van der Waals surface area contributed by atoms with Crippen molar-refractivity contribution in [3.8, 4) is 0 Å². The van der Waals surface area contributed by atoms with Crippen LogP contribution in [0.4, 0.5) is 11.4 Å². The summed E-state index contributed by atoms with van der Waals surface area (Å²) in [6.45, 7) is 7.08. The Kier molecular flexibility index (Phi) is 14.3. The number of nitrogens with one attached hydrogen (secondary N) is 4. The summed E-state index contributed by atoms with van der Waals surface area (Å²) in [5.41, 5.74) is 0.209. The fraction of sp³-hybridized carbons (Fsp3) is 0.477. The molecular weight excluding hydrogens is 901 g/mol. The molecule has 0 aromatic heterocycles. The molecule has 352 valence electrons. The predicted molar refractivity (Wildman–Crippen MR) is 240 cm³/mol. The van der Waals surface area contributed by atoms with E-state index in [0.717, 1.165) is 0 Å². The van der Waals surface area contributed by atoms with Gasteiger partial charge in [-0.15, -0.1) is 23.5 Å². The molecule has 22 heteroatoms. The van der Waals surface area contributed by atoms with Crippen molar-refractivity contribution < 1.29 is 68.6 Å². The highest BCUT2D eigenvalue weighted by Crippen LogP contribution is 2.52. The highest BCUT2D eigenvalue weighted by atomic mass is 32.2. The first kappa shape index (κ1) is 48.1. The van der Waals surface area contributed by atoms with Crippen molar-refractivity contribution in [1.29, 1.82) is 0 Å². The second kappa shape index (κ2) is 19.6. The van der Waals surface area contributed by atoms with Gasteiger partial charge in [0.2, 0.25) is 17.7 Å². The van der Waals surface area contributed by atoms with Gasteiger partial charge in [-0.2, -0.15) is 0 Å². The second-order valence-corrected chi connectivity index (χ2v) is 20.0. The van der Waals surface area contributed by atoms with Gasteiger partial charge in [0.05, 0.1) is 52.6 Å². The van der Waals surface area contributed by atoms with Crippen LogP contribution in [0.25, 0.3) is 0 Å². The number of carbonyl (C=O) groups is 8. The van der Waals surface area contributed by atoms with Crippen LogP contribution in [0.1, 0.15) is 61.3 Å². The first-order chi connectivity index (χ1) is 31.2. The lowest BCUT2D eigenvalue weighted by Crippen LogP contribution is -2.63. The molecule has 0 spiro atoms. The zero-order chi connectivity index (χ0) is 47.9. The number of β-lactam (4-membered cyclic amide) rings is 1. The highest BCUT2D eigenvalue weighted by molar-refractivity contribution is 8.03. The number of hydrogen-bond acceptors (Lipinski definition) is 15. The van der Waals surface area contributed by atoms with Gasteiger partial charge in [0, 0.05) is 45.8 Å². The highest BCUT2D eigenvalue weighted by Gasteiger charge is 2.60. The van der Waals surface area contributed by atoms with Gasteiger partial charge in [-0.3, -0.25) is 24.2 Å². The number of aliphatic imine (C=N–C) groups is 1. The van der Waals surface area contributed by atoms with Gasteiger partial charge in [-0.25, -0.2) is 19.2 Å². The van der Waals surface area contributed by atoms with E-state index in [1.54, 1.807) is 19.1 Å². The van der Waals surface area contributed by atoms with Crippen molar-refractivity contribution in [2.45, 2.75) is 92.7 Å². The number of carboxylic acids is 4. The van der Waals surface area contributed by atoms with Crippen LogP contribution in [0.2, 0.25) is 0 Å². The summed E-state index contributed by atoms with van der Waals surface area (Å²) in [6, 6.07) is 8.73. The molecule has 0 bridgehead atoms. The number of aliphatic hydroxyl groups is 1. The maximum atomic E-state index is 13.5. The van der Waals surface area contributed by atoms with Gasteiger partial charge in [0.25, 0.3) is 0 Å². The van der Waals surface area contributed by atoms with Crippen molar-refractivity contribution in [2.24, 2.45) is 28.7 Å². The van der Waals surface area contributed by atoms with E-state index in [0.29, 0.717) is 36.5 Å². The topological polar surface area (TPSA) is 311 Å². The molecule has 0 aliphatic carbocycles. The minimum Gasteiger partial charge on any atom is -0.481 e. The SMILES string of the molecule is C[C@H]1[C@H]([C@H](C(=O)O)[C@@H](C)OC(=O)c2cccc(NC(=O)[C@@H]3C[C@@H](SC4=C(C(=O)O)N5C(=O)[C@H]([C@@H](C)O)[C@H]5[C@H]4C)CN3)c2)N=C(C(=O)O)[C@H]1S[C@@H]1CN[C@H](C(=O)Nc2cccc(C(=O)O)c2)C1. The van der Waals surface area contributed by atoms with E-state index in [1.807, 2.05) is 6.92 Å². The largest absolute Gasteiger partial charge is 0.481 e. The fourth-order valence-corrected chi connectivity index (χ4v) is 12.6. The number of hydrogen-bond donors (Lipinski definition) is 9. The van der Waals surface area contributed by atoms with Crippen molar-refractivity contribution in [2.75, 3.05) is 23.7 Å². The number of aromatic carboxylic acids is 1. The molecule has 0 unspecified atom stereocenters. The molecular formula is C44H50N6O14S2. The van der Waals surface area contributed by atoms with Gasteiger partial charge in [0.1, 0.15) is 23.4 Å². The maximum absolute atomic E-state index is 13.5. The molecule has 9 N–H and O–H groups in total. The van der Waals surface area contributed by atoms with Crippen LogP contribution in [0, 0.1) is 23.7 Å². The third-order valence-corrected chi connectivity index (χ3v) is 15.9. The molecule has 2 aromatic rings. The van der Waals surface area contributed by atoms with E-state index in [1.165, 1.54) is 78.7 Å². The summed E-state index contributed by atoms with van der Waals surface area (Å²) >= 11 is 2.56. The van der Waals surface area contributed by atoms with Gasteiger partial charge in [-0.05, 0) is 69.0 Å². The first-order valence-corrected chi connectivity index (χ1v) is 23.1. The minimum absolute atomic E-state index is 0.000756. The summed E-state index contributed by atoms with van der Waals surface area (Å²) < 4.78 is 5.67. The standard InChI is InChI=1S/C44H50N6O14S2/c1-17-31(49-32(42(59)60)35(17)65-25-13-27(45-15-25)37(52)47-23-9-5-7-21(11-23)40(55)56)30(41(57)58)20(4)64-44(63)22-8-6-10-24(12-22)48-38(53)28-14-26(16-46-28)66-36-18(2)33-29(19(3)51)39(54)50(33)34(36)43(61)62/h5-12,17-20,25-31,33,35,45-46,51H,13-16H2,1-4H3,(H,47,52)(H,48,53)(H,55,56)(H,57,58)(H,59,60)(H,61,62)/t17-,18+,19+,20+,25-,26+,27-,28-,29+,30+,31+,33+,35-/m0/s1. The van der Waals surface area contributed by atoms with E-state index in [2.05, 4.69) is 26.3 Å². The number of anilines is 2. The third kappa shape index (κ3) is 9.68. The van der Waals surface area contributed by atoms with E-state index in [9.17, 15) is 63.9 Å². The molecule has 5 heterocycles. The van der Waals surface area contributed by atoms with E-state index < -0.39 is 107 Å². The normalized spacial score (nSPS) is 29.3. The number of amides is 3. The number of esters is 1. The number of benzene rings is 2. The van der Waals surface area contributed by atoms with Crippen molar-refractivity contribution in [1.82, 2.24) is 15.5 Å². The number of rotatable bonds is 17. The monoisotopic (exact) mass is 950 g/mol. The number of nitrogens with zero attached hydrogens (tertiary/aromatic N) is 2. The fourth-order valence-electron chi connectivity index (χ4n) is 9.46. The number of thioether (sulfide) groups is 2. The molecule has 13 atom stereocenters. The molecule has 7 rings (SSSR count). The Bertz CT molecular complexity index is 2410. The Labute approximate surface area is 386 Å². The number of carboxylic acid groups (broad SMARTS) is 4. The Hall–Kier alpha value is -5.81. The molecule has 5 aliphatic rings. The lowest BCUT2D eigenvalue weighted by molar-refractivity contribution is -0.163.